The molecule has 0 saturated carbocycles. The van der Waals surface area contributed by atoms with Gasteiger partial charge >= 0.3 is 0 Å². The lowest BCUT2D eigenvalue weighted by molar-refractivity contribution is 0.0791. The molecule has 0 atom stereocenters. The van der Waals surface area contributed by atoms with Gasteiger partial charge in [-0.2, -0.15) is 0 Å². The summed E-state index contributed by atoms with van der Waals surface area (Å²) in [7, 11) is 1.28. The second-order valence-electron chi connectivity index (χ2n) is 0.967. The molecule has 6 heavy (non-hydrogen) atoms. The van der Waals surface area contributed by atoms with Crippen molar-refractivity contribution < 1.29 is 4.48 Å². The van der Waals surface area contributed by atoms with E-state index in [1.165, 1.54) is 7.05 Å². The summed E-state index contributed by atoms with van der Waals surface area (Å²) in [5.74, 6) is 2.12. The molecule has 0 fully saturated rings. The average Bonchev–Trinajstić information content (AvgIpc) is 1.35. The summed E-state index contributed by atoms with van der Waals surface area (Å²) in [5, 5.41) is 0.444. The third kappa shape index (κ3) is 3.45. The quantitative estimate of drug-likeness (QED) is 0.331. The van der Waals surface area contributed by atoms with E-state index in [0.717, 1.165) is 0 Å². The molecule has 0 amide bonds. The number of nitrogens with zero attached hydrogens (tertiary/aromatic N) is 1. The topological polar surface area (TPSA) is 3.24 Å². The van der Waals surface area contributed by atoms with Crippen molar-refractivity contribution in [3.63, 3.8) is 0 Å². The summed E-state index contributed by atoms with van der Waals surface area (Å²) < 4.78 is 11.4. The van der Waals surface area contributed by atoms with Crippen LogP contribution in [0.1, 0.15) is 0 Å². The lowest BCUT2D eigenvalue weighted by Gasteiger charge is -1.92. The summed E-state index contributed by atoms with van der Waals surface area (Å²) in [5.41, 5.74) is 0. The van der Waals surface area contributed by atoms with E-state index in [4.69, 9.17) is 6.42 Å². The first-order valence-electron chi connectivity index (χ1n) is 1.57. The Balaban J connectivity index is 2.88. The average molecular weight is 87.1 g/mol. The number of hydrogen-bond acceptors (Lipinski definition) is 1. The molecule has 0 aromatic heterocycles. The zero-order chi connectivity index (χ0) is 4.99. The van der Waals surface area contributed by atoms with Gasteiger partial charge in [-0.1, -0.05) is 5.92 Å². The highest BCUT2D eigenvalue weighted by Gasteiger charge is 1.81. The number of halogens is 1. The van der Waals surface area contributed by atoms with Gasteiger partial charge < -0.3 is 0 Å². The van der Waals surface area contributed by atoms with Gasteiger partial charge in [0.25, 0.3) is 0 Å². The van der Waals surface area contributed by atoms with E-state index in [9.17, 15) is 4.48 Å². The van der Waals surface area contributed by atoms with Crippen molar-refractivity contribution in [2.24, 2.45) is 0 Å². The van der Waals surface area contributed by atoms with Crippen LogP contribution in [-0.2, 0) is 0 Å². The number of rotatable bonds is 1. The van der Waals surface area contributed by atoms with Crippen LogP contribution in [0, 0.1) is 12.3 Å². The Kier molecular flexibility index (Phi) is 2.43. The van der Waals surface area contributed by atoms with Gasteiger partial charge in [-0.25, -0.2) is 0 Å². The normalized spacial score (nSPS) is 8.33. The molecule has 0 saturated heterocycles. The van der Waals surface area contributed by atoms with Crippen LogP contribution in [0.2, 0.25) is 0 Å². The standard InChI is InChI=1S/C4H6FN/c1-3-4-6(2)5/h1H,4H2,2H3. The fourth-order valence-electron chi connectivity index (χ4n) is 0.126. The Morgan fingerprint density at radius 2 is 2.50 bits per heavy atom. The van der Waals surface area contributed by atoms with Gasteiger partial charge in [0.05, 0.1) is 6.54 Å². The van der Waals surface area contributed by atoms with Crippen molar-refractivity contribution in [2.75, 3.05) is 13.6 Å². The van der Waals surface area contributed by atoms with Gasteiger partial charge in [-0.15, -0.1) is 16.0 Å². The number of terminal acetylenes is 1. The second-order valence-corrected chi connectivity index (χ2v) is 0.967. The molecule has 34 valence electrons. The van der Waals surface area contributed by atoms with Gasteiger partial charge in [0, 0.05) is 7.05 Å². The zero-order valence-electron chi connectivity index (χ0n) is 3.61. The summed E-state index contributed by atoms with van der Waals surface area (Å²) >= 11 is 0. The maximum atomic E-state index is 11.4. The summed E-state index contributed by atoms with van der Waals surface area (Å²) in [6, 6.07) is 0. The Bertz CT molecular complexity index is 62.4. The Morgan fingerprint density at radius 3 is 2.50 bits per heavy atom. The molecule has 0 aliphatic heterocycles. The molecule has 0 rings (SSSR count). The van der Waals surface area contributed by atoms with Gasteiger partial charge in [-0.05, 0) is 0 Å². The molecule has 0 aliphatic rings. The smallest absolute Gasteiger partial charge is 0.0895 e. The predicted octanol–water partition coefficient (Wildman–Crippen LogP) is 0.436. The maximum absolute atomic E-state index is 11.4. The first-order chi connectivity index (χ1) is 2.77. The van der Waals surface area contributed by atoms with E-state index in [-0.39, 0.29) is 6.54 Å². The summed E-state index contributed by atoms with van der Waals surface area (Å²) in [6.07, 6.45) is 4.70. The molecule has 2 heteroatoms. The Morgan fingerprint density at radius 1 is 2.00 bits per heavy atom. The molecule has 0 aliphatic carbocycles. The SMILES string of the molecule is C#CCN(C)F. The highest BCUT2D eigenvalue weighted by atomic mass is 19.2. The highest BCUT2D eigenvalue weighted by Crippen LogP contribution is 1.74. The van der Waals surface area contributed by atoms with E-state index in [2.05, 4.69) is 5.92 Å². The monoisotopic (exact) mass is 87.0 g/mol. The first-order valence-corrected chi connectivity index (χ1v) is 1.57. The third-order valence-corrected chi connectivity index (χ3v) is 0.309. The lowest BCUT2D eigenvalue weighted by Crippen LogP contribution is -2.04. The molecule has 0 radical (unpaired) electrons. The van der Waals surface area contributed by atoms with Gasteiger partial charge in [0.1, 0.15) is 0 Å². The van der Waals surface area contributed by atoms with Crippen LogP contribution in [0.25, 0.3) is 0 Å². The number of hydrogen-bond donors (Lipinski definition) is 0. The molecular formula is C4H6FN. The van der Waals surface area contributed by atoms with Crippen molar-refractivity contribution in [2.45, 2.75) is 0 Å². The summed E-state index contributed by atoms with van der Waals surface area (Å²) in [4.78, 5) is 0. The minimum Gasteiger partial charge on any atom is -0.138 e. The van der Waals surface area contributed by atoms with Crippen molar-refractivity contribution in [1.29, 1.82) is 0 Å². The molecular weight excluding hydrogens is 81.0 g/mol. The predicted molar refractivity (Wildman–Crippen MR) is 22.6 cm³/mol. The van der Waals surface area contributed by atoms with Crippen LogP contribution >= 0.6 is 0 Å². The van der Waals surface area contributed by atoms with Crippen molar-refractivity contribution in [3.8, 4) is 12.3 Å². The van der Waals surface area contributed by atoms with Crippen LogP contribution in [0.4, 0.5) is 4.48 Å². The van der Waals surface area contributed by atoms with Gasteiger partial charge in [0.2, 0.25) is 0 Å². The minimum atomic E-state index is 0.0694. The Labute approximate surface area is 36.7 Å². The van der Waals surface area contributed by atoms with E-state index in [0.29, 0.717) is 5.12 Å². The van der Waals surface area contributed by atoms with Gasteiger partial charge in [0.15, 0.2) is 0 Å². The minimum absolute atomic E-state index is 0.0694. The van der Waals surface area contributed by atoms with Crippen LogP contribution < -0.4 is 0 Å². The second kappa shape index (κ2) is 2.67. The molecule has 0 heterocycles. The molecule has 0 N–H and O–H groups in total. The fraction of sp³-hybridized carbons (Fsp3) is 0.500. The van der Waals surface area contributed by atoms with E-state index in [1.54, 1.807) is 0 Å². The third-order valence-electron chi connectivity index (χ3n) is 0.309. The Hall–Kier alpha value is -0.550. The van der Waals surface area contributed by atoms with Crippen molar-refractivity contribution in [1.82, 2.24) is 5.12 Å². The molecule has 0 aromatic rings. The summed E-state index contributed by atoms with van der Waals surface area (Å²) in [6.45, 7) is 0.0694. The van der Waals surface area contributed by atoms with Gasteiger partial charge in [-0.3, -0.25) is 0 Å². The molecule has 0 unspecified atom stereocenters. The molecule has 0 spiro atoms. The van der Waals surface area contributed by atoms with Crippen LogP contribution in [0.3, 0.4) is 0 Å². The molecule has 0 aromatic carbocycles. The van der Waals surface area contributed by atoms with Crippen molar-refractivity contribution in [3.05, 3.63) is 0 Å². The lowest BCUT2D eigenvalue weighted by atomic mass is 10.7. The fourth-order valence-corrected chi connectivity index (χ4v) is 0.126. The highest BCUT2D eigenvalue weighted by molar-refractivity contribution is 4.85. The van der Waals surface area contributed by atoms with Crippen molar-refractivity contribution >= 4 is 0 Å². The van der Waals surface area contributed by atoms with E-state index >= 15 is 0 Å². The van der Waals surface area contributed by atoms with E-state index < -0.39 is 0 Å². The molecule has 0 bridgehead atoms. The molecule has 1 nitrogen and oxygen atoms in total. The maximum Gasteiger partial charge on any atom is 0.0895 e. The van der Waals surface area contributed by atoms with Crippen LogP contribution in [-0.4, -0.2) is 18.7 Å². The van der Waals surface area contributed by atoms with Crippen LogP contribution in [0.5, 0.6) is 0 Å². The first kappa shape index (κ1) is 5.45. The largest absolute Gasteiger partial charge is 0.138 e. The van der Waals surface area contributed by atoms with Crippen LogP contribution in [0.15, 0.2) is 0 Å². The zero-order valence-corrected chi connectivity index (χ0v) is 3.61. The van der Waals surface area contributed by atoms with E-state index in [1.807, 2.05) is 0 Å².